The molecule has 0 unspecified atom stereocenters. The van der Waals surface area contributed by atoms with Gasteiger partial charge in [-0.1, -0.05) is 0 Å². The van der Waals surface area contributed by atoms with Crippen molar-refractivity contribution in [2.45, 2.75) is 49.4 Å². The topological polar surface area (TPSA) is 81.5 Å². The van der Waals surface area contributed by atoms with Crippen molar-refractivity contribution in [2.75, 3.05) is 13.1 Å². The van der Waals surface area contributed by atoms with Crippen LogP contribution in [0.3, 0.4) is 0 Å². The van der Waals surface area contributed by atoms with E-state index in [1.54, 1.807) is 11.9 Å². The molecule has 0 bridgehead atoms. The third-order valence-electron chi connectivity index (χ3n) is 3.54. The lowest BCUT2D eigenvalue weighted by molar-refractivity contribution is 0.0217. The Morgan fingerprint density at radius 2 is 1.91 bits per heavy atom. The molecule has 0 aliphatic carbocycles. The number of carbonyl (C=O) groups is 1. The van der Waals surface area contributed by atoms with Crippen LogP contribution in [0, 0.1) is 0 Å². The molecule has 2 heterocycles. The van der Waals surface area contributed by atoms with Crippen LogP contribution in [0.4, 0.5) is 4.79 Å². The third kappa shape index (κ3) is 3.79. The molecule has 0 radical (unpaired) electrons. The summed E-state index contributed by atoms with van der Waals surface area (Å²) in [7, 11) is -1.70. The Morgan fingerprint density at radius 1 is 1.32 bits per heavy atom. The fourth-order valence-electron chi connectivity index (χ4n) is 2.41. The first-order valence-electron chi connectivity index (χ1n) is 7.30. The highest BCUT2D eigenvalue weighted by molar-refractivity contribution is 7.92. The molecule has 2 rings (SSSR count). The number of aryl methyl sites for hydroxylation is 1. The molecule has 22 heavy (non-hydrogen) atoms. The molecule has 1 aliphatic rings. The van der Waals surface area contributed by atoms with Crippen molar-refractivity contribution in [1.82, 2.24) is 14.7 Å². The van der Waals surface area contributed by atoms with E-state index in [-0.39, 0.29) is 11.0 Å². The lowest BCUT2D eigenvalue weighted by Crippen LogP contribution is -2.44. The minimum Gasteiger partial charge on any atom is -0.444 e. The molecule has 1 amide bonds. The highest BCUT2D eigenvalue weighted by Crippen LogP contribution is 2.25. The van der Waals surface area contributed by atoms with Gasteiger partial charge in [0.15, 0.2) is 9.84 Å². The van der Waals surface area contributed by atoms with Crippen LogP contribution in [0.5, 0.6) is 0 Å². The zero-order valence-electron chi connectivity index (χ0n) is 13.4. The lowest BCUT2D eigenvalue weighted by Gasteiger charge is -2.33. The summed E-state index contributed by atoms with van der Waals surface area (Å²) in [5.74, 6) is 0. The van der Waals surface area contributed by atoms with Crippen LogP contribution in [0.2, 0.25) is 0 Å². The van der Waals surface area contributed by atoms with Gasteiger partial charge in [-0.05, 0) is 33.6 Å². The number of hydrogen-bond acceptors (Lipinski definition) is 5. The summed E-state index contributed by atoms with van der Waals surface area (Å²) in [5, 5.41) is 3.44. The molecule has 1 aromatic heterocycles. The Morgan fingerprint density at radius 3 is 2.36 bits per heavy atom. The van der Waals surface area contributed by atoms with E-state index in [0.717, 1.165) is 0 Å². The summed E-state index contributed by atoms with van der Waals surface area (Å²) in [6.07, 6.45) is 3.32. The normalized spacial score (nSPS) is 17.5. The Hall–Kier alpha value is -1.57. The van der Waals surface area contributed by atoms with Crippen LogP contribution in [0.25, 0.3) is 0 Å². The number of hydrogen-bond donors (Lipinski definition) is 0. The van der Waals surface area contributed by atoms with Gasteiger partial charge in [0, 0.05) is 26.3 Å². The molecule has 1 aliphatic heterocycles. The predicted octanol–water partition coefficient (Wildman–Crippen LogP) is 1.59. The van der Waals surface area contributed by atoms with Crippen molar-refractivity contribution in [3.05, 3.63) is 12.4 Å². The van der Waals surface area contributed by atoms with Gasteiger partial charge in [-0.15, -0.1) is 0 Å². The van der Waals surface area contributed by atoms with E-state index < -0.39 is 20.7 Å². The second kappa shape index (κ2) is 5.91. The van der Waals surface area contributed by atoms with Crippen molar-refractivity contribution >= 4 is 15.9 Å². The highest BCUT2D eigenvalue weighted by atomic mass is 32.2. The molecule has 1 saturated heterocycles. The molecule has 0 atom stereocenters. The van der Waals surface area contributed by atoms with Gasteiger partial charge in [-0.25, -0.2) is 13.2 Å². The number of likely N-dealkylation sites (tertiary alicyclic amines) is 1. The Kier molecular flexibility index (Phi) is 4.51. The first-order valence-corrected chi connectivity index (χ1v) is 8.85. The second-order valence-corrected chi connectivity index (χ2v) is 8.79. The van der Waals surface area contributed by atoms with Crippen LogP contribution in [0.1, 0.15) is 33.6 Å². The van der Waals surface area contributed by atoms with Crippen LogP contribution < -0.4 is 0 Å². The third-order valence-corrected chi connectivity index (χ3v) is 5.76. The Balaban J connectivity index is 1.99. The van der Waals surface area contributed by atoms with Gasteiger partial charge in [0.25, 0.3) is 0 Å². The number of ether oxygens (including phenoxy) is 1. The smallest absolute Gasteiger partial charge is 0.410 e. The van der Waals surface area contributed by atoms with E-state index in [2.05, 4.69) is 5.10 Å². The summed E-state index contributed by atoms with van der Waals surface area (Å²) < 4.78 is 31.8. The summed E-state index contributed by atoms with van der Waals surface area (Å²) >= 11 is 0. The maximum Gasteiger partial charge on any atom is 0.410 e. The summed E-state index contributed by atoms with van der Waals surface area (Å²) in [6, 6.07) is 0. The zero-order chi connectivity index (χ0) is 16.5. The van der Waals surface area contributed by atoms with Gasteiger partial charge in [0.2, 0.25) is 0 Å². The number of piperidine rings is 1. The highest BCUT2D eigenvalue weighted by Gasteiger charge is 2.34. The maximum atomic E-state index is 12.5. The quantitative estimate of drug-likeness (QED) is 0.823. The first kappa shape index (κ1) is 16.8. The van der Waals surface area contributed by atoms with E-state index in [4.69, 9.17) is 4.74 Å². The van der Waals surface area contributed by atoms with Gasteiger partial charge in [0.05, 0.1) is 11.4 Å². The molecule has 8 heteroatoms. The van der Waals surface area contributed by atoms with E-state index >= 15 is 0 Å². The van der Waals surface area contributed by atoms with E-state index in [0.29, 0.717) is 25.9 Å². The van der Waals surface area contributed by atoms with Crippen LogP contribution >= 0.6 is 0 Å². The Labute approximate surface area is 131 Å². The monoisotopic (exact) mass is 329 g/mol. The number of rotatable bonds is 2. The number of nitrogens with zero attached hydrogens (tertiary/aromatic N) is 3. The molecular formula is C14H23N3O4S. The van der Waals surface area contributed by atoms with Crippen LogP contribution in [0.15, 0.2) is 17.3 Å². The molecular weight excluding hydrogens is 306 g/mol. The zero-order valence-corrected chi connectivity index (χ0v) is 14.3. The standard InChI is InChI=1S/C14H23N3O4S/c1-14(2,3)21-13(18)17-7-5-11(6-8-17)22(19,20)12-9-15-16(4)10-12/h9-11H,5-8H2,1-4H3. The molecule has 0 N–H and O–H groups in total. The van der Waals surface area contributed by atoms with Crippen molar-refractivity contribution < 1.29 is 17.9 Å². The van der Waals surface area contributed by atoms with E-state index in [1.807, 2.05) is 20.8 Å². The fraction of sp³-hybridized carbons (Fsp3) is 0.714. The first-order chi connectivity index (χ1) is 10.1. The number of sulfone groups is 1. The van der Waals surface area contributed by atoms with Crippen molar-refractivity contribution in [1.29, 1.82) is 0 Å². The molecule has 7 nitrogen and oxygen atoms in total. The van der Waals surface area contributed by atoms with E-state index in [9.17, 15) is 13.2 Å². The molecule has 1 fully saturated rings. The van der Waals surface area contributed by atoms with Gasteiger partial charge < -0.3 is 9.64 Å². The van der Waals surface area contributed by atoms with Crippen molar-refractivity contribution in [2.24, 2.45) is 7.05 Å². The molecule has 0 spiro atoms. The number of aromatic nitrogens is 2. The van der Waals surface area contributed by atoms with E-state index in [1.165, 1.54) is 17.1 Å². The summed E-state index contributed by atoms with van der Waals surface area (Å²) in [6.45, 7) is 6.21. The minimum absolute atomic E-state index is 0.241. The Bertz CT molecular complexity index is 637. The predicted molar refractivity (Wildman–Crippen MR) is 81.2 cm³/mol. The average molecular weight is 329 g/mol. The van der Waals surface area contributed by atoms with Crippen LogP contribution in [-0.4, -0.2) is 53.1 Å². The lowest BCUT2D eigenvalue weighted by atomic mass is 10.1. The maximum absolute atomic E-state index is 12.5. The number of amides is 1. The van der Waals surface area contributed by atoms with Crippen molar-refractivity contribution in [3.63, 3.8) is 0 Å². The largest absolute Gasteiger partial charge is 0.444 e. The average Bonchev–Trinajstić information content (AvgIpc) is 2.84. The molecule has 0 aromatic carbocycles. The second-order valence-electron chi connectivity index (χ2n) is 6.56. The summed E-state index contributed by atoms with van der Waals surface area (Å²) in [4.78, 5) is 13.8. The molecule has 1 aromatic rings. The van der Waals surface area contributed by atoms with Gasteiger partial charge >= 0.3 is 6.09 Å². The minimum atomic E-state index is -3.39. The van der Waals surface area contributed by atoms with Crippen molar-refractivity contribution in [3.8, 4) is 0 Å². The van der Waals surface area contributed by atoms with Gasteiger partial charge in [-0.3, -0.25) is 4.68 Å². The van der Waals surface area contributed by atoms with Gasteiger partial charge in [0.1, 0.15) is 10.5 Å². The van der Waals surface area contributed by atoms with Gasteiger partial charge in [-0.2, -0.15) is 5.10 Å². The fourth-order valence-corrected chi connectivity index (χ4v) is 4.12. The summed E-state index contributed by atoms with van der Waals surface area (Å²) in [5.41, 5.74) is -0.546. The molecule has 124 valence electrons. The molecule has 0 saturated carbocycles. The number of carbonyl (C=O) groups excluding carboxylic acids is 1. The van der Waals surface area contributed by atoms with Crippen LogP contribution in [-0.2, 0) is 21.6 Å². The SMILES string of the molecule is Cn1cc(S(=O)(=O)C2CCN(C(=O)OC(C)(C)C)CC2)cn1.